The maximum atomic E-state index is 12.3. The predicted molar refractivity (Wildman–Crippen MR) is 76.5 cm³/mol. The topological polar surface area (TPSA) is 69.6 Å². The number of nitrogens with zero attached hydrogens (tertiary/aromatic N) is 1. The summed E-state index contributed by atoms with van der Waals surface area (Å²) in [5.41, 5.74) is 0. The Morgan fingerprint density at radius 2 is 1.85 bits per heavy atom. The van der Waals surface area contributed by atoms with Crippen LogP contribution in [0.3, 0.4) is 0 Å². The van der Waals surface area contributed by atoms with Crippen molar-refractivity contribution >= 4 is 12.0 Å². The molecule has 0 radical (unpaired) electrons. The lowest BCUT2D eigenvalue weighted by Crippen LogP contribution is -2.51. The Kier molecular flexibility index (Phi) is 5.26. The average molecular weight is 282 g/mol. The van der Waals surface area contributed by atoms with Gasteiger partial charge >= 0.3 is 12.0 Å². The van der Waals surface area contributed by atoms with Crippen LogP contribution in [0.5, 0.6) is 0 Å². The minimum Gasteiger partial charge on any atom is -0.481 e. The summed E-state index contributed by atoms with van der Waals surface area (Å²) >= 11 is 0. The van der Waals surface area contributed by atoms with E-state index < -0.39 is 11.9 Å². The van der Waals surface area contributed by atoms with Gasteiger partial charge in [-0.15, -0.1) is 0 Å². The molecule has 2 saturated carbocycles. The molecule has 0 spiro atoms. The highest BCUT2D eigenvalue weighted by molar-refractivity contribution is 5.77. The molecule has 2 atom stereocenters. The number of nitrogens with one attached hydrogen (secondary N) is 1. The molecule has 2 rings (SSSR count). The van der Waals surface area contributed by atoms with Crippen molar-refractivity contribution in [3.63, 3.8) is 0 Å². The van der Waals surface area contributed by atoms with E-state index in [9.17, 15) is 14.7 Å². The minimum atomic E-state index is -0.781. The van der Waals surface area contributed by atoms with E-state index in [-0.39, 0.29) is 12.1 Å². The van der Waals surface area contributed by atoms with Crippen LogP contribution in [0.4, 0.5) is 4.79 Å². The van der Waals surface area contributed by atoms with Gasteiger partial charge in [-0.3, -0.25) is 4.79 Å². The van der Waals surface area contributed by atoms with Gasteiger partial charge in [-0.05, 0) is 38.5 Å². The highest BCUT2D eigenvalue weighted by atomic mass is 16.4. The number of carbonyl (C=O) groups is 2. The second-order valence-corrected chi connectivity index (χ2v) is 6.12. The SMILES string of the molecule is CCN(CC1CCC1)C(=O)NC1CCCCC1C(=O)O. The molecule has 0 aromatic heterocycles. The summed E-state index contributed by atoms with van der Waals surface area (Å²) < 4.78 is 0. The molecule has 2 fully saturated rings. The van der Waals surface area contributed by atoms with Crippen LogP contribution >= 0.6 is 0 Å². The lowest BCUT2D eigenvalue weighted by molar-refractivity contribution is -0.143. The molecule has 20 heavy (non-hydrogen) atoms. The van der Waals surface area contributed by atoms with E-state index in [0.29, 0.717) is 18.9 Å². The number of carbonyl (C=O) groups excluding carboxylic acids is 1. The van der Waals surface area contributed by atoms with Gasteiger partial charge in [0.2, 0.25) is 0 Å². The zero-order chi connectivity index (χ0) is 14.5. The molecule has 2 N–H and O–H groups in total. The second kappa shape index (κ2) is 6.95. The molecule has 2 aliphatic carbocycles. The van der Waals surface area contributed by atoms with Gasteiger partial charge in [-0.2, -0.15) is 0 Å². The van der Waals surface area contributed by atoms with Crippen LogP contribution < -0.4 is 5.32 Å². The Morgan fingerprint density at radius 1 is 1.15 bits per heavy atom. The van der Waals surface area contributed by atoms with Crippen LogP contribution in [-0.2, 0) is 4.79 Å². The summed E-state index contributed by atoms with van der Waals surface area (Å²) in [7, 11) is 0. The Balaban J connectivity index is 1.88. The van der Waals surface area contributed by atoms with Gasteiger partial charge in [0.05, 0.1) is 5.92 Å². The van der Waals surface area contributed by atoms with Crippen LogP contribution in [0.15, 0.2) is 0 Å². The van der Waals surface area contributed by atoms with Crippen molar-refractivity contribution in [1.29, 1.82) is 0 Å². The highest BCUT2D eigenvalue weighted by Gasteiger charge is 2.33. The standard InChI is InChI=1S/C15H26N2O3/c1-2-17(10-11-6-5-7-11)15(20)16-13-9-4-3-8-12(13)14(18)19/h11-13H,2-10H2,1H3,(H,16,20)(H,18,19). The zero-order valence-electron chi connectivity index (χ0n) is 12.3. The molecule has 0 heterocycles. The summed E-state index contributed by atoms with van der Waals surface area (Å²) in [6.45, 7) is 3.48. The number of hydrogen-bond donors (Lipinski definition) is 2. The number of amides is 2. The predicted octanol–water partition coefficient (Wildman–Crippen LogP) is 2.46. The van der Waals surface area contributed by atoms with Crippen molar-refractivity contribution in [2.75, 3.05) is 13.1 Å². The normalized spacial score (nSPS) is 26.6. The van der Waals surface area contributed by atoms with E-state index in [2.05, 4.69) is 5.32 Å². The van der Waals surface area contributed by atoms with Crippen LogP contribution in [0, 0.1) is 11.8 Å². The summed E-state index contributed by atoms with van der Waals surface area (Å²) in [6, 6.07) is -0.290. The highest BCUT2D eigenvalue weighted by Crippen LogP contribution is 2.28. The third kappa shape index (κ3) is 3.64. The first kappa shape index (κ1) is 15.1. The van der Waals surface area contributed by atoms with Gasteiger partial charge in [-0.25, -0.2) is 4.79 Å². The molecule has 2 aliphatic rings. The number of aliphatic carboxylic acids is 1. The van der Waals surface area contributed by atoms with E-state index in [4.69, 9.17) is 0 Å². The maximum absolute atomic E-state index is 12.3. The van der Waals surface area contributed by atoms with E-state index in [1.54, 1.807) is 0 Å². The quantitative estimate of drug-likeness (QED) is 0.813. The monoisotopic (exact) mass is 282 g/mol. The molecular formula is C15H26N2O3. The van der Waals surface area contributed by atoms with Crippen LogP contribution in [0.1, 0.15) is 51.9 Å². The van der Waals surface area contributed by atoms with Crippen molar-refractivity contribution in [3.05, 3.63) is 0 Å². The average Bonchev–Trinajstić information content (AvgIpc) is 2.38. The Morgan fingerprint density at radius 3 is 2.40 bits per heavy atom. The third-order valence-electron chi connectivity index (χ3n) is 4.76. The molecule has 114 valence electrons. The minimum absolute atomic E-state index is 0.0856. The molecule has 2 amide bonds. The van der Waals surface area contributed by atoms with Crippen molar-refractivity contribution in [2.24, 2.45) is 11.8 Å². The number of rotatable bonds is 5. The van der Waals surface area contributed by atoms with Crippen molar-refractivity contribution < 1.29 is 14.7 Å². The van der Waals surface area contributed by atoms with E-state index >= 15 is 0 Å². The first-order valence-corrected chi connectivity index (χ1v) is 7.90. The Labute approximate surface area is 120 Å². The Hall–Kier alpha value is -1.26. The lowest BCUT2D eigenvalue weighted by atomic mass is 9.84. The molecule has 2 unspecified atom stereocenters. The smallest absolute Gasteiger partial charge is 0.317 e. The van der Waals surface area contributed by atoms with Gasteiger partial charge in [0, 0.05) is 19.1 Å². The fourth-order valence-corrected chi connectivity index (χ4v) is 3.19. The van der Waals surface area contributed by atoms with Gasteiger partial charge in [-0.1, -0.05) is 19.3 Å². The Bertz CT molecular complexity index is 355. The molecule has 0 aromatic carbocycles. The van der Waals surface area contributed by atoms with Gasteiger partial charge in [0.1, 0.15) is 0 Å². The summed E-state index contributed by atoms with van der Waals surface area (Å²) in [4.78, 5) is 25.4. The molecule has 0 bridgehead atoms. The molecule has 0 aliphatic heterocycles. The first-order valence-electron chi connectivity index (χ1n) is 7.90. The lowest BCUT2D eigenvalue weighted by Gasteiger charge is -2.35. The zero-order valence-corrected chi connectivity index (χ0v) is 12.3. The van der Waals surface area contributed by atoms with Crippen LogP contribution in [0.2, 0.25) is 0 Å². The number of carboxylic acid groups (broad SMARTS) is 1. The molecule has 0 aromatic rings. The fraction of sp³-hybridized carbons (Fsp3) is 0.867. The van der Waals surface area contributed by atoms with Crippen LogP contribution in [-0.4, -0.2) is 41.1 Å². The fourth-order valence-electron chi connectivity index (χ4n) is 3.19. The van der Waals surface area contributed by atoms with Gasteiger partial charge in [0.25, 0.3) is 0 Å². The van der Waals surface area contributed by atoms with E-state index in [0.717, 1.165) is 25.8 Å². The molecule has 5 nitrogen and oxygen atoms in total. The maximum Gasteiger partial charge on any atom is 0.317 e. The number of urea groups is 1. The third-order valence-corrected chi connectivity index (χ3v) is 4.76. The molecular weight excluding hydrogens is 256 g/mol. The summed E-state index contributed by atoms with van der Waals surface area (Å²) in [5, 5.41) is 12.2. The number of carboxylic acids is 1. The van der Waals surface area contributed by atoms with Gasteiger partial charge in [0.15, 0.2) is 0 Å². The number of hydrogen-bond acceptors (Lipinski definition) is 2. The molecule has 5 heteroatoms. The van der Waals surface area contributed by atoms with E-state index in [1.165, 1.54) is 19.3 Å². The van der Waals surface area contributed by atoms with Crippen LogP contribution in [0.25, 0.3) is 0 Å². The van der Waals surface area contributed by atoms with Gasteiger partial charge < -0.3 is 15.3 Å². The largest absolute Gasteiger partial charge is 0.481 e. The van der Waals surface area contributed by atoms with E-state index in [1.807, 2.05) is 11.8 Å². The van der Waals surface area contributed by atoms with Crippen molar-refractivity contribution in [2.45, 2.75) is 57.9 Å². The summed E-state index contributed by atoms with van der Waals surface area (Å²) in [5.74, 6) is -0.561. The molecule has 0 saturated heterocycles. The van der Waals surface area contributed by atoms with Crippen molar-refractivity contribution in [3.8, 4) is 0 Å². The van der Waals surface area contributed by atoms with Crippen molar-refractivity contribution in [1.82, 2.24) is 10.2 Å². The second-order valence-electron chi connectivity index (χ2n) is 6.12. The first-order chi connectivity index (χ1) is 9.61. The summed E-state index contributed by atoms with van der Waals surface area (Å²) in [6.07, 6.45) is 7.11.